The van der Waals surface area contributed by atoms with Gasteiger partial charge in [-0.05, 0) is 43.7 Å². The zero-order valence-electron chi connectivity index (χ0n) is 21.1. The molecule has 1 aromatic heterocycles. The highest BCUT2D eigenvalue weighted by atomic mass is 19.1. The molecule has 0 bridgehead atoms. The van der Waals surface area contributed by atoms with E-state index in [-0.39, 0.29) is 43.7 Å². The molecule has 3 heterocycles. The van der Waals surface area contributed by atoms with Gasteiger partial charge in [-0.25, -0.2) is 9.18 Å². The molecule has 2 saturated heterocycles. The lowest BCUT2D eigenvalue weighted by Crippen LogP contribution is -2.51. The highest BCUT2D eigenvalue weighted by Gasteiger charge is 2.33. The predicted molar refractivity (Wildman–Crippen MR) is 135 cm³/mol. The van der Waals surface area contributed by atoms with Crippen LogP contribution in [0.25, 0.3) is 0 Å². The summed E-state index contributed by atoms with van der Waals surface area (Å²) in [6.45, 7) is 3.66. The summed E-state index contributed by atoms with van der Waals surface area (Å²) in [6, 6.07) is 9.50. The van der Waals surface area contributed by atoms with Gasteiger partial charge in [-0.1, -0.05) is 6.07 Å². The Hall–Kier alpha value is -4.22. The summed E-state index contributed by atoms with van der Waals surface area (Å²) in [5, 5.41) is 2.58. The van der Waals surface area contributed by atoms with Crippen LogP contribution in [0.1, 0.15) is 30.3 Å². The number of aromatic nitrogens is 1. The average molecular weight is 528 g/mol. The van der Waals surface area contributed by atoms with Gasteiger partial charge in [0.15, 0.2) is 0 Å². The molecule has 2 aromatic rings. The number of nitrogens with zero attached hydrogens (tertiary/aromatic N) is 4. The van der Waals surface area contributed by atoms with E-state index in [1.165, 1.54) is 17.2 Å². The number of anilines is 2. The number of carbonyl (C=O) groups excluding carboxylic acids is 4. The molecule has 1 atom stereocenters. The fraction of sp³-hybridized carbons (Fsp3) is 0.423. The Morgan fingerprint density at radius 1 is 1.16 bits per heavy atom. The van der Waals surface area contributed by atoms with Crippen molar-refractivity contribution in [2.75, 3.05) is 55.7 Å². The maximum absolute atomic E-state index is 15.1. The van der Waals surface area contributed by atoms with Crippen molar-refractivity contribution in [2.24, 2.45) is 0 Å². The Morgan fingerprint density at radius 2 is 1.95 bits per heavy atom. The third-order valence-corrected chi connectivity index (χ3v) is 6.36. The van der Waals surface area contributed by atoms with Crippen LogP contribution in [0.2, 0.25) is 0 Å². The number of ether oxygens (including phenoxy) is 2. The number of pyridine rings is 1. The van der Waals surface area contributed by atoms with Crippen LogP contribution in [0, 0.1) is 5.82 Å². The Labute approximate surface area is 219 Å². The summed E-state index contributed by atoms with van der Waals surface area (Å²) in [7, 11) is 0. The minimum atomic E-state index is -0.590. The Kier molecular flexibility index (Phi) is 8.72. The summed E-state index contributed by atoms with van der Waals surface area (Å²) in [4.78, 5) is 57.3. The molecule has 0 aliphatic carbocycles. The van der Waals surface area contributed by atoms with Crippen LogP contribution in [-0.2, 0) is 19.1 Å². The second-order valence-corrected chi connectivity index (χ2v) is 8.86. The molecule has 0 spiro atoms. The first-order valence-electron chi connectivity index (χ1n) is 12.5. The number of esters is 1. The third kappa shape index (κ3) is 6.55. The van der Waals surface area contributed by atoms with Crippen LogP contribution in [0.15, 0.2) is 42.6 Å². The molecule has 0 unspecified atom stereocenters. The van der Waals surface area contributed by atoms with Gasteiger partial charge in [0, 0.05) is 38.8 Å². The monoisotopic (exact) mass is 527 g/mol. The highest BCUT2D eigenvalue weighted by Crippen LogP contribution is 2.29. The minimum Gasteiger partial charge on any atom is -0.466 e. The highest BCUT2D eigenvalue weighted by molar-refractivity contribution is 5.94. The molecule has 0 radical (unpaired) electrons. The zero-order chi connectivity index (χ0) is 27.1. The summed E-state index contributed by atoms with van der Waals surface area (Å²) < 4.78 is 25.3. The van der Waals surface area contributed by atoms with Gasteiger partial charge in [0.2, 0.25) is 5.91 Å². The van der Waals surface area contributed by atoms with Crippen molar-refractivity contribution in [3.8, 4) is 0 Å². The number of hydrogen-bond donors (Lipinski definition) is 1. The molecular formula is C26H30FN5O6. The summed E-state index contributed by atoms with van der Waals surface area (Å²) in [5.74, 6) is -1.50. The van der Waals surface area contributed by atoms with E-state index in [2.05, 4.69) is 10.3 Å². The van der Waals surface area contributed by atoms with Crippen LogP contribution < -0.4 is 15.1 Å². The summed E-state index contributed by atoms with van der Waals surface area (Å²) in [5.41, 5.74) is 0.974. The minimum absolute atomic E-state index is 0.137. The molecule has 3 amide bonds. The quantitative estimate of drug-likeness (QED) is 0.492. The SMILES string of the molecule is CCOC(=O)CC[C@H]1CN(c2ccc(N3CCN(C(=O)CNC(=O)c4ccccn4)CC3)c(F)c2)C(=O)O1. The van der Waals surface area contributed by atoms with E-state index in [9.17, 15) is 19.2 Å². The number of benzene rings is 1. The molecule has 2 fully saturated rings. The number of piperazine rings is 1. The van der Waals surface area contributed by atoms with Crippen LogP contribution in [0.4, 0.5) is 20.6 Å². The van der Waals surface area contributed by atoms with Gasteiger partial charge in [-0.2, -0.15) is 0 Å². The smallest absolute Gasteiger partial charge is 0.414 e. The maximum atomic E-state index is 15.1. The number of nitrogens with one attached hydrogen (secondary N) is 1. The topological polar surface area (TPSA) is 121 Å². The number of hydrogen-bond acceptors (Lipinski definition) is 8. The molecule has 38 heavy (non-hydrogen) atoms. The number of rotatable bonds is 9. The Bertz CT molecular complexity index is 1170. The molecule has 12 heteroatoms. The lowest BCUT2D eigenvalue weighted by Gasteiger charge is -2.36. The fourth-order valence-corrected chi connectivity index (χ4v) is 4.37. The van der Waals surface area contributed by atoms with Crippen molar-refractivity contribution in [1.29, 1.82) is 0 Å². The van der Waals surface area contributed by atoms with E-state index in [1.54, 1.807) is 42.2 Å². The maximum Gasteiger partial charge on any atom is 0.414 e. The van der Waals surface area contributed by atoms with Gasteiger partial charge in [0.1, 0.15) is 17.6 Å². The first-order valence-corrected chi connectivity index (χ1v) is 12.5. The standard InChI is InChI=1S/C26H30FN5O6/c1-2-37-24(34)9-7-19-17-32(26(36)38-19)18-6-8-22(20(27)15-18)30-11-13-31(14-12-30)23(33)16-29-25(35)21-5-3-4-10-28-21/h3-6,8,10,15,19H,2,7,9,11-14,16-17H2,1H3,(H,29,35)/t19-/m0/s1. The second-order valence-electron chi connectivity index (χ2n) is 8.86. The van der Waals surface area contributed by atoms with Gasteiger partial charge in [0.05, 0.1) is 31.1 Å². The largest absolute Gasteiger partial charge is 0.466 e. The van der Waals surface area contributed by atoms with E-state index in [0.717, 1.165) is 0 Å². The number of halogens is 1. The molecule has 2 aliphatic heterocycles. The number of carbonyl (C=O) groups is 4. The molecular weight excluding hydrogens is 497 g/mol. The summed E-state index contributed by atoms with van der Waals surface area (Å²) >= 11 is 0. The first-order chi connectivity index (χ1) is 18.4. The van der Waals surface area contributed by atoms with Crippen molar-refractivity contribution in [1.82, 2.24) is 15.2 Å². The third-order valence-electron chi connectivity index (χ3n) is 6.36. The first kappa shape index (κ1) is 26.8. The lowest BCUT2D eigenvalue weighted by atomic mass is 10.1. The molecule has 4 rings (SSSR count). The van der Waals surface area contributed by atoms with Crippen molar-refractivity contribution >= 4 is 35.3 Å². The van der Waals surface area contributed by atoms with Crippen molar-refractivity contribution in [3.05, 3.63) is 54.1 Å². The van der Waals surface area contributed by atoms with Crippen molar-refractivity contribution < 1.29 is 33.0 Å². The average Bonchev–Trinajstić information content (AvgIpc) is 3.31. The van der Waals surface area contributed by atoms with E-state index in [1.807, 2.05) is 4.90 Å². The van der Waals surface area contributed by atoms with Gasteiger partial charge < -0.3 is 24.6 Å². The molecule has 1 N–H and O–H groups in total. The van der Waals surface area contributed by atoms with E-state index in [4.69, 9.17) is 9.47 Å². The predicted octanol–water partition coefficient (Wildman–Crippen LogP) is 1.97. The number of cyclic esters (lactones) is 1. The molecule has 2 aliphatic rings. The van der Waals surface area contributed by atoms with E-state index < -0.39 is 23.9 Å². The molecule has 11 nitrogen and oxygen atoms in total. The summed E-state index contributed by atoms with van der Waals surface area (Å²) in [6.07, 6.45) is 0.904. The molecule has 202 valence electrons. The van der Waals surface area contributed by atoms with Gasteiger partial charge in [-0.3, -0.25) is 24.3 Å². The molecule has 0 saturated carbocycles. The Balaban J connectivity index is 1.27. The van der Waals surface area contributed by atoms with Gasteiger partial charge >= 0.3 is 12.1 Å². The van der Waals surface area contributed by atoms with Gasteiger partial charge in [0.25, 0.3) is 5.91 Å². The number of amides is 3. The molecule has 1 aromatic carbocycles. The van der Waals surface area contributed by atoms with Crippen LogP contribution in [0.5, 0.6) is 0 Å². The van der Waals surface area contributed by atoms with Crippen molar-refractivity contribution in [3.63, 3.8) is 0 Å². The van der Waals surface area contributed by atoms with E-state index >= 15 is 4.39 Å². The van der Waals surface area contributed by atoms with E-state index in [0.29, 0.717) is 44.0 Å². The second kappa shape index (κ2) is 12.3. The van der Waals surface area contributed by atoms with Crippen molar-refractivity contribution in [2.45, 2.75) is 25.9 Å². The van der Waals surface area contributed by atoms with Crippen LogP contribution in [0.3, 0.4) is 0 Å². The fourth-order valence-electron chi connectivity index (χ4n) is 4.37. The Morgan fingerprint density at radius 3 is 2.63 bits per heavy atom. The zero-order valence-corrected chi connectivity index (χ0v) is 21.1. The lowest BCUT2D eigenvalue weighted by molar-refractivity contribution is -0.143. The normalized spacial score (nSPS) is 17.3. The van der Waals surface area contributed by atoms with Crippen LogP contribution in [-0.4, -0.2) is 85.7 Å². The van der Waals surface area contributed by atoms with Gasteiger partial charge in [-0.15, -0.1) is 0 Å². The van der Waals surface area contributed by atoms with Crippen LogP contribution >= 0.6 is 0 Å².